The molecule has 25 heavy (non-hydrogen) atoms. The highest BCUT2D eigenvalue weighted by atomic mass is 16.3. The number of hydrogen-bond donors (Lipinski definition) is 2. The molecule has 1 atom stereocenters. The molecule has 0 bridgehead atoms. The Morgan fingerprint density at radius 2 is 1.96 bits per heavy atom. The number of hydrogen-bond acceptors (Lipinski definition) is 3. The minimum absolute atomic E-state index is 0.0368. The molecular weight excluding hydrogens is 314 g/mol. The van der Waals surface area contributed by atoms with E-state index < -0.39 is 0 Å². The molecule has 3 aromatic rings. The second-order valence-electron chi connectivity index (χ2n) is 6.29. The van der Waals surface area contributed by atoms with E-state index in [0.29, 0.717) is 6.42 Å². The van der Waals surface area contributed by atoms with Gasteiger partial charge >= 0.3 is 0 Å². The van der Waals surface area contributed by atoms with E-state index in [1.54, 1.807) is 0 Å². The average molecular weight is 337 g/mol. The highest BCUT2D eigenvalue weighted by Crippen LogP contribution is 2.25. The van der Waals surface area contributed by atoms with Crippen LogP contribution in [-0.4, -0.2) is 27.2 Å². The highest BCUT2D eigenvalue weighted by Gasteiger charge is 2.14. The van der Waals surface area contributed by atoms with Gasteiger partial charge in [0.2, 0.25) is 5.91 Å². The largest absolute Gasteiger partial charge is 0.396 e. The zero-order valence-corrected chi connectivity index (χ0v) is 14.8. The lowest BCUT2D eigenvalue weighted by atomic mass is 10.1. The van der Waals surface area contributed by atoms with Crippen molar-refractivity contribution in [2.45, 2.75) is 33.2 Å². The smallest absolute Gasteiger partial charge is 0.217 e. The lowest BCUT2D eigenvalue weighted by molar-refractivity contribution is -0.119. The normalized spacial score (nSPS) is 12.3. The number of para-hydroxylation sites is 1. The number of carbonyl (C=O) groups is 1. The van der Waals surface area contributed by atoms with Crippen LogP contribution in [0.4, 0.5) is 0 Å². The lowest BCUT2D eigenvalue weighted by Crippen LogP contribution is -2.23. The van der Waals surface area contributed by atoms with Crippen molar-refractivity contribution in [3.05, 3.63) is 59.4 Å². The predicted octanol–water partition coefficient (Wildman–Crippen LogP) is 3.07. The SMILES string of the molecule is CC(=O)NC(C)c1ccc(-n2c(CCO)nc3c(C)cccc32)cc1. The first-order valence-corrected chi connectivity index (χ1v) is 8.46. The van der Waals surface area contributed by atoms with Crippen molar-refractivity contribution < 1.29 is 9.90 Å². The highest BCUT2D eigenvalue weighted by molar-refractivity contribution is 5.81. The molecule has 1 heterocycles. The van der Waals surface area contributed by atoms with Crippen LogP contribution < -0.4 is 5.32 Å². The van der Waals surface area contributed by atoms with Crippen molar-refractivity contribution in [1.82, 2.24) is 14.9 Å². The van der Waals surface area contributed by atoms with Crippen LogP contribution in [0.15, 0.2) is 42.5 Å². The standard InChI is InChI=1S/C20H23N3O2/c1-13-5-4-6-18-20(13)22-19(11-12-24)23(18)17-9-7-16(8-10-17)14(2)21-15(3)25/h4-10,14,24H,11-12H2,1-3H3,(H,21,25). The van der Waals surface area contributed by atoms with E-state index in [2.05, 4.69) is 9.88 Å². The number of rotatable bonds is 5. The number of carbonyl (C=O) groups excluding carboxylic acids is 1. The molecule has 130 valence electrons. The fourth-order valence-corrected chi connectivity index (χ4v) is 3.14. The second-order valence-corrected chi connectivity index (χ2v) is 6.29. The van der Waals surface area contributed by atoms with E-state index >= 15 is 0 Å². The van der Waals surface area contributed by atoms with Crippen molar-refractivity contribution in [1.29, 1.82) is 0 Å². The number of nitrogens with zero attached hydrogens (tertiary/aromatic N) is 2. The quantitative estimate of drug-likeness (QED) is 0.752. The third-order valence-electron chi connectivity index (χ3n) is 4.36. The van der Waals surface area contributed by atoms with E-state index in [0.717, 1.165) is 33.7 Å². The number of fused-ring (bicyclic) bond motifs is 1. The van der Waals surface area contributed by atoms with Gasteiger partial charge in [-0.25, -0.2) is 4.98 Å². The molecule has 5 nitrogen and oxygen atoms in total. The average Bonchev–Trinajstić information content (AvgIpc) is 2.94. The Labute approximate surface area is 147 Å². The Balaban J connectivity index is 2.05. The number of benzene rings is 2. The van der Waals surface area contributed by atoms with Crippen LogP contribution in [0.3, 0.4) is 0 Å². The van der Waals surface area contributed by atoms with Gasteiger partial charge in [-0.1, -0.05) is 24.3 Å². The summed E-state index contributed by atoms with van der Waals surface area (Å²) in [5.74, 6) is 0.798. The fourth-order valence-electron chi connectivity index (χ4n) is 3.14. The third kappa shape index (κ3) is 3.42. The van der Waals surface area contributed by atoms with Gasteiger partial charge in [-0.2, -0.15) is 0 Å². The fraction of sp³-hybridized carbons (Fsp3) is 0.300. The van der Waals surface area contributed by atoms with Crippen molar-refractivity contribution in [2.75, 3.05) is 6.61 Å². The minimum atomic E-state index is -0.0436. The van der Waals surface area contributed by atoms with Gasteiger partial charge in [-0.3, -0.25) is 9.36 Å². The number of aromatic nitrogens is 2. The Morgan fingerprint density at radius 3 is 2.60 bits per heavy atom. The third-order valence-corrected chi connectivity index (χ3v) is 4.36. The molecule has 2 N–H and O–H groups in total. The number of aliphatic hydroxyl groups is 1. The van der Waals surface area contributed by atoms with Crippen molar-refractivity contribution in [2.24, 2.45) is 0 Å². The Hall–Kier alpha value is -2.66. The maximum Gasteiger partial charge on any atom is 0.217 e. The zero-order chi connectivity index (χ0) is 18.0. The van der Waals surface area contributed by atoms with Crippen LogP contribution in [0.25, 0.3) is 16.7 Å². The molecule has 0 radical (unpaired) electrons. The van der Waals surface area contributed by atoms with E-state index in [4.69, 9.17) is 4.98 Å². The van der Waals surface area contributed by atoms with Gasteiger partial charge < -0.3 is 10.4 Å². The maximum atomic E-state index is 11.2. The predicted molar refractivity (Wildman–Crippen MR) is 98.8 cm³/mol. The van der Waals surface area contributed by atoms with Crippen LogP contribution in [0, 0.1) is 6.92 Å². The number of aliphatic hydroxyl groups excluding tert-OH is 1. The minimum Gasteiger partial charge on any atom is -0.396 e. The summed E-state index contributed by atoms with van der Waals surface area (Å²) in [4.78, 5) is 16.0. The Morgan fingerprint density at radius 1 is 1.24 bits per heavy atom. The summed E-state index contributed by atoms with van der Waals surface area (Å²) < 4.78 is 2.09. The van der Waals surface area contributed by atoms with E-state index in [1.165, 1.54) is 6.92 Å². The Bertz CT molecular complexity index is 897. The van der Waals surface area contributed by atoms with E-state index in [-0.39, 0.29) is 18.6 Å². The van der Waals surface area contributed by atoms with Crippen LogP contribution in [0.1, 0.15) is 36.8 Å². The molecule has 0 aliphatic carbocycles. The van der Waals surface area contributed by atoms with Gasteiger partial charge in [0.15, 0.2) is 0 Å². The summed E-state index contributed by atoms with van der Waals surface area (Å²) in [6, 6.07) is 14.2. The van der Waals surface area contributed by atoms with Gasteiger partial charge in [0, 0.05) is 19.0 Å². The molecule has 5 heteroatoms. The van der Waals surface area contributed by atoms with Crippen LogP contribution in [0.2, 0.25) is 0 Å². The van der Waals surface area contributed by atoms with Crippen LogP contribution >= 0.6 is 0 Å². The summed E-state index contributed by atoms with van der Waals surface area (Å²) in [5, 5.41) is 12.3. The van der Waals surface area contributed by atoms with Crippen LogP contribution in [0.5, 0.6) is 0 Å². The maximum absolute atomic E-state index is 11.2. The van der Waals surface area contributed by atoms with Gasteiger partial charge in [-0.15, -0.1) is 0 Å². The molecule has 0 saturated heterocycles. The molecular formula is C20H23N3O2. The monoisotopic (exact) mass is 337 g/mol. The summed E-state index contributed by atoms with van der Waals surface area (Å²) in [6.45, 7) is 5.58. The number of nitrogens with one attached hydrogen (secondary N) is 1. The molecule has 2 aromatic carbocycles. The molecule has 1 unspecified atom stereocenters. The topological polar surface area (TPSA) is 67.2 Å². The number of amides is 1. The van der Waals surface area contributed by atoms with Crippen molar-refractivity contribution in [3.8, 4) is 5.69 Å². The molecule has 1 amide bonds. The zero-order valence-electron chi connectivity index (χ0n) is 14.8. The summed E-state index contributed by atoms with van der Waals surface area (Å²) in [6.07, 6.45) is 0.498. The second kappa shape index (κ2) is 7.07. The first-order chi connectivity index (χ1) is 12.0. The van der Waals surface area contributed by atoms with Crippen molar-refractivity contribution >= 4 is 16.9 Å². The molecule has 0 aliphatic rings. The van der Waals surface area contributed by atoms with Gasteiger partial charge in [-0.05, 0) is 43.2 Å². The molecule has 1 aromatic heterocycles. The van der Waals surface area contributed by atoms with E-state index in [9.17, 15) is 9.90 Å². The molecule has 0 aliphatic heterocycles. The van der Waals surface area contributed by atoms with Gasteiger partial charge in [0.1, 0.15) is 5.82 Å². The van der Waals surface area contributed by atoms with Crippen LogP contribution in [-0.2, 0) is 11.2 Å². The van der Waals surface area contributed by atoms with E-state index in [1.807, 2.05) is 56.3 Å². The molecule has 0 saturated carbocycles. The molecule has 3 rings (SSSR count). The van der Waals surface area contributed by atoms with Gasteiger partial charge in [0.25, 0.3) is 0 Å². The number of aryl methyl sites for hydroxylation is 1. The number of imidazole rings is 1. The summed E-state index contributed by atoms with van der Waals surface area (Å²) in [5.41, 5.74) is 5.15. The van der Waals surface area contributed by atoms with Crippen molar-refractivity contribution in [3.63, 3.8) is 0 Å². The first kappa shape index (κ1) is 17.2. The lowest BCUT2D eigenvalue weighted by Gasteiger charge is -2.14. The molecule has 0 spiro atoms. The summed E-state index contributed by atoms with van der Waals surface area (Å²) in [7, 11) is 0. The van der Waals surface area contributed by atoms with Gasteiger partial charge in [0.05, 0.1) is 23.7 Å². The Kier molecular flexibility index (Phi) is 4.86. The summed E-state index contributed by atoms with van der Waals surface area (Å²) >= 11 is 0. The first-order valence-electron chi connectivity index (χ1n) is 8.46. The molecule has 0 fully saturated rings.